The Kier molecular flexibility index (Phi) is 3.26. The highest BCUT2D eigenvalue weighted by Gasteiger charge is 2.22. The van der Waals surface area contributed by atoms with E-state index in [2.05, 4.69) is 10.0 Å². The summed E-state index contributed by atoms with van der Waals surface area (Å²) >= 11 is 0. The lowest BCUT2D eigenvalue weighted by molar-refractivity contribution is 0.471. The number of aromatic nitrogens is 1. The van der Waals surface area contributed by atoms with Crippen LogP contribution in [0.4, 0.5) is 0 Å². The van der Waals surface area contributed by atoms with E-state index in [4.69, 9.17) is 5.53 Å². The van der Waals surface area contributed by atoms with Gasteiger partial charge in [-0.1, -0.05) is 48.4 Å². The molecular formula is C16H14N4O. The first kappa shape index (κ1) is 13.1. The molecule has 0 fully saturated rings. The number of nitrogens with zero attached hydrogens (tertiary/aromatic N) is 4. The minimum absolute atomic E-state index is 0.161. The standard InChI is InChI=1S/C16H14N4O/c1-11(18-19-17)14-15(12-7-3-2-4-8-12)20-10-6-5-9-13(20)16(14)21/h2-11,21H,1H3. The molecule has 0 aliphatic rings. The number of hydrogen-bond donors (Lipinski definition) is 1. The highest BCUT2D eigenvalue weighted by molar-refractivity contribution is 5.79. The number of fused-ring (bicyclic) bond motifs is 1. The predicted molar refractivity (Wildman–Crippen MR) is 82.1 cm³/mol. The van der Waals surface area contributed by atoms with E-state index in [0.717, 1.165) is 11.3 Å². The lowest BCUT2D eigenvalue weighted by atomic mass is 10.0. The van der Waals surface area contributed by atoms with Crippen LogP contribution in [0, 0.1) is 0 Å². The molecule has 0 saturated heterocycles. The molecule has 0 bridgehead atoms. The lowest BCUT2D eigenvalue weighted by Gasteiger charge is -2.09. The molecule has 0 saturated carbocycles. The summed E-state index contributed by atoms with van der Waals surface area (Å²) in [5.41, 5.74) is 11.9. The van der Waals surface area contributed by atoms with Gasteiger partial charge in [-0.15, -0.1) is 0 Å². The lowest BCUT2D eigenvalue weighted by Crippen LogP contribution is -1.93. The van der Waals surface area contributed by atoms with E-state index < -0.39 is 6.04 Å². The molecule has 2 aromatic heterocycles. The predicted octanol–water partition coefficient (Wildman–Crippen LogP) is 4.68. The average Bonchev–Trinajstić information content (AvgIpc) is 2.82. The van der Waals surface area contributed by atoms with Crippen LogP contribution in [0.3, 0.4) is 0 Å². The van der Waals surface area contributed by atoms with Gasteiger partial charge in [0.15, 0.2) is 0 Å². The van der Waals surface area contributed by atoms with Gasteiger partial charge >= 0.3 is 0 Å². The third-order valence-electron chi connectivity index (χ3n) is 3.54. The fourth-order valence-corrected chi connectivity index (χ4v) is 2.63. The summed E-state index contributed by atoms with van der Waals surface area (Å²) < 4.78 is 1.92. The van der Waals surface area contributed by atoms with Gasteiger partial charge in [0.25, 0.3) is 0 Å². The Balaban J connectivity index is 2.40. The summed E-state index contributed by atoms with van der Waals surface area (Å²) in [6.07, 6.45) is 1.89. The maximum absolute atomic E-state index is 10.5. The normalized spacial score (nSPS) is 12.0. The molecule has 1 N–H and O–H groups in total. The Bertz CT molecular complexity index is 832. The largest absolute Gasteiger partial charge is 0.505 e. The van der Waals surface area contributed by atoms with Crippen molar-refractivity contribution in [3.05, 3.63) is 70.7 Å². The fraction of sp³-hybridized carbons (Fsp3) is 0.125. The molecule has 0 amide bonds. The van der Waals surface area contributed by atoms with Crippen LogP contribution in [0.2, 0.25) is 0 Å². The molecule has 1 aromatic carbocycles. The van der Waals surface area contributed by atoms with Gasteiger partial charge in [0, 0.05) is 16.7 Å². The Labute approximate surface area is 121 Å². The average molecular weight is 278 g/mol. The first-order valence-corrected chi connectivity index (χ1v) is 6.65. The summed E-state index contributed by atoms with van der Waals surface area (Å²) in [4.78, 5) is 2.86. The third-order valence-corrected chi connectivity index (χ3v) is 3.54. The SMILES string of the molecule is CC(N=[N+]=[N-])c1c(O)c2ccccn2c1-c1ccccc1. The van der Waals surface area contributed by atoms with E-state index in [1.165, 1.54) is 0 Å². The molecule has 104 valence electrons. The van der Waals surface area contributed by atoms with E-state index in [0.29, 0.717) is 11.1 Å². The van der Waals surface area contributed by atoms with Crippen LogP contribution in [-0.4, -0.2) is 9.51 Å². The minimum Gasteiger partial charge on any atom is -0.505 e. The van der Waals surface area contributed by atoms with Crippen LogP contribution in [0.15, 0.2) is 59.8 Å². The second-order valence-corrected chi connectivity index (χ2v) is 4.81. The molecule has 5 nitrogen and oxygen atoms in total. The first-order chi connectivity index (χ1) is 10.2. The van der Waals surface area contributed by atoms with Crippen LogP contribution >= 0.6 is 0 Å². The zero-order chi connectivity index (χ0) is 14.8. The van der Waals surface area contributed by atoms with E-state index in [1.54, 1.807) is 6.92 Å². The highest BCUT2D eigenvalue weighted by atomic mass is 16.3. The zero-order valence-corrected chi connectivity index (χ0v) is 11.5. The number of benzene rings is 1. The van der Waals surface area contributed by atoms with Crippen LogP contribution in [0.1, 0.15) is 18.5 Å². The summed E-state index contributed by atoms with van der Waals surface area (Å²) in [6.45, 7) is 1.78. The first-order valence-electron chi connectivity index (χ1n) is 6.65. The van der Waals surface area contributed by atoms with Gasteiger partial charge in [-0.2, -0.15) is 0 Å². The quantitative estimate of drug-likeness (QED) is 0.421. The zero-order valence-electron chi connectivity index (χ0n) is 11.5. The number of rotatable bonds is 3. The summed E-state index contributed by atoms with van der Waals surface area (Å²) in [5, 5.41) is 14.3. The Morgan fingerprint density at radius 3 is 2.57 bits per heavy atom. The second-order valence-electron chi connectivity index (χ2n) is 4.81. The van der Waals surface area contributed by atoms with E-state index in [-0.39, 0.29) is 5.75 Å². The van der Waals surface area contributed by atoms with Gasteiger partial charge in [-0.25, -0.2) is 0 Å². The second kappa shape index (κ2) is 5.23. The Hall–Kier alpha value is -2.91. The molecule has 0 radical (unpaired) electrons. The maximum Gasteiger partial charge on any atom is 0.145 e. The minimum atomic E-state index is -0.454. The molecule has 2 heterocycles. The number of azide groups is 1. The van der Waals surface area contributed by atoms with Gasteiger partial charge in [0.05, 0.1) is 17.3 Å². The molecular weight excluding hydrogens is 264 g/mol. The van der Waals surface area contributed by atoms with Gasteiger partial charge in [0.2, 0.25) is 0 Å². The van der Waals surface area contributed by atoms with Crippen molar-refractivity contribution in [3.8, 4) is 17.0 Å². The van der Waals surface area contributed by atoms with Crippen molar-refractivity contribution in [1.29, 1.82) is 0 Å². The molecule has 1 unspecified atom stereocenters. The molecule has 0 spiro atoms. The van der Waals surface area contributed by atoms with E-state index >= 15 is 0 Å². The summed E-state index contributed by atoms with van der Waals surface area (Å²) in [5.74, 6) is 0.161. The Morgan fingerprint density at radius 1 is 1.14 bits per heavy atom. The topological polar surface area (TPSA) is 73.4 Å². The van der Waals surface area contributed by atoms with Crippen molar-refractivity contribution in [1.82, 2.24) is 4.40 Å². The number of hydrogen-bond acceptors (Lipinski definition) is 2. The Morgan fingerprint density at radius 2 is 1.86 bits per heavy atom. The fourth-order valence-electron chi connectivity index (χ4n) is 2.63. The monoisotopic (exact) mass is 278 g/mol. The van der Waals surface area contributed by atoms with Crippen molar-refractivity contribution in [2.45, 2.75) is 13.0 Å². The van der Waals surface area contributed by atoms with Gasteiger partial charge in [0.1, 0.15) is 5.75 Å². The van der Waals surface area contributed by atoms with Crippen molar-refractivity contribution in [3.63, 3.8) is 0 Å². The van der Waals surface area contributed by atoms with E-state index in [1.807, 2.05) is 59.1 Å². The van der Waals surface area contributed by atoms with Crippen LogP contribution in [-0.2, 0) is 0 Å². The smallest absolute Gasteiger partial charge is 0.145 e. The van der Waals surface area contributed by atoms with Crippen LogP contribution < -0.4 is 0 Å². The third kappa shape index (κ3) is 2.10. The van der Waals surface area contributed by atoms with E-state index in [9.17, 15) is 5.11 Å². The van der Waals surface area contributed by atoms with Gasteiger partial charge in [-0.05, 0) is 23.2 Å². The van der Waals surface area contributed by atoms with Crippen LogP contribution in [0.5, 0.6) is 5.75 Å². The van der Waals surface area contributed by atoms with Crippen molar-refractivity contribution < 1.29 is 5.11 Å². The van der Waals surface area contributed by atoms with Crippen molar-refractivity contribution >= 4 is 5.52 Å². The van der Waals surface area contributed by atoms with Crippen molar-refractivity contribution in [2.75, 3.05) is 0 Å². The maximum atomic E-state index is 10.5. The molecule has 0 aliphatic heterocycles. The summed E-state index contributed by atoms with van der Waals surface area (Å²) in [6, 6.07) is 14.9. The summed E-state index contributed by atoms with van der Waals surface area (Å²) in [7, 11) is 0. The number of pyridine rings is 1. The van der Waals surface area contributed by atoms with Gasteiger partial charge < -0.3 is 9.51 Å². The molecule has 0 aliphatic carbocycles. The van der Waals surface area contributed by atoms with Gasteiger partial charge in [-0.3, -0.25) is 0 Å². The number of aromatic hydroxyl groups is 1. The molecule has 3 aromatic rings. The van der Waals surface area contributed by atoms with Crippen LogP contribution in [0.25, 0.3) is 27.2 Å². The molecule has 5 heteroatoms. The molecule has 3 rings (SSSR count). The molecule has 1 atom stereocenters. The highest BCUT2D eigenvalue weighted by Crippen LogP contribution is 2.41. The molecule has 21 heavy (non-hydrogen) atoms. The van der Waals surface area contributed by atoms with Crippen molar-refractivity contribution in [2.24, 2.45) is 5.11 Å².